The summed E-state index contributed by atoms with van der Waals surface area (Å²) in [6.45, 7) is 6.68. The summed E-state index contributed by atoms with van der Waals surface area (Å²) >= 11 is 3.13. The van der Waals surface area contributed by atoms with E-state index in [-0.39, 0.29) is 12.4 Å². The third-order valence-corrected chi connectivity index (χ3v) is 6.30. The maximum atomic E-state index is 13.1. The van der Waals surface area contributed by atoms with Crippen LogP contribution in [0.15, 0.2) is 71.7 Å². The number of hydrogen-bond acceptors (Lipinski definition) is 7. The molecule has 0 radical (unpaired) electrons. The van der Waals surface area contributed by atoms with E-state index < -0.39 is 0 Å². The molecule has 0 fully saturated rings. The lowest BCUT2D eigenvalue weighted by molar-refractivity contribution is 0.288. The molecule has 164 valence electrons. The van der Waals surface area contributed by atoms with Gasteiger partial charge in [-0.25, -0.2) is 9.37 Å². The largest absolute Gasteiger partial charge is 0.486 e. The second kappa shape index (κ2) is 10.4. The van der Waals surface area contributed by atoms with Gasteiger partial charge in [0.2, 0.25) is 0 Å². The molecule has 2 aromatic carbocycles. The SMILES string of the molecule is C=CCn1c(COc2ccc(F)cc2)nnc1SCc1csc(Nc2ccc(C)cc2)n1. The lowest BCUT2D eigenvalue weighted by atomic mass is 10.2. The molecule has 0 atom stereocenters. The van der Waals surface area contributed by atoms with Crippen LogP contribution in [0.25, 0.3) is 0 Å². The number of hydrogen-bond donors (Lipinski definition) is 1. The monoisotopic (exact) mass is 467 g/mol. The zero-order valence-electron chi connectivity index (χ0n) is 17.5. The Balaban J connectivity index is 1.37. The minimum absolute atomic E-state index is 0.231. The molecule has 0 saturated heterocycles. The van der Waals surface area contributed by atoms with Crippen LogP contribution in [0.2, 0.25) is 0 Å². The molecule has 0 amide bonds. The highest BCUT2D eigenvalue weighted by Crippen LogP contribution is 2.27. The van der Waals surface area contributed by atoms with Crippen LogP contribution in [0, 0.1) is 12.7 Å². The number of halogens is 1. The normalized spacial score (nSPS) is 10.8. The van der Waals surface area contributed by atoms with Gasteiger partial charge in [0.05, 0.1) is 5.69 Å². The molecular formula is C23H22FN5OS2. The van der Waals surface area contributed by atoms with E-state index in [1.165, 1.54) is 17.7 Å². The molecule has 32 heavy (non-hydrogen) atoms. The molecule has 0 unspecified atom stereocenters. The highest BCUT2D eigenvalue weighted by atomic mass is 32.2. The zero-order chi connectivity index (χ0) is 22.3. The van der Waals surface area contributed by atoms with Gasteiger partial charge in [-0.05, 0) is 43.3 Å². The van der Waals surface area contributed by atoms with E-state index >= 15 is 0 Å². The van der Waals surface area contributed by atoms with Crippen LogP contribution < -0.4 is 10.1 Å². The fourth-order valence-corrected chi connectivity index (χ4v) is 4.55. The standard InChI is InChI=1S/C23H22FN5OS2/c1-3-12-29-21(13-30-20-10-6-17(24)7-11-20)27-28-23(29)32-15-19-14-31-22(26-19)25-18-8-4-16(2)5-9-18/h3-11,14H,1,12-13,15H2,2H3,(H,25,26). The first kappa shape index (κ1) is 22.0. The van der Waals surface area contributed by atoms with Gasteiger partial charge in [0.15, 0.2) is 16.1 Å². The lowest BCUT2D eigenvalue weighted by Gasteiger charge is -2.09. The number of aromatic nitrogens is 4. The molecule has 4 rings (SSSR count). The Hall–Kier alpha value is -3.17. The molecule has 0 aliphatic rings. The third-order valence-electron chi connectivity index (χ3n) is 4.49. The molecule has 0 bridgehead atoms. The van der Waals surface area contributed by atoms with Crippen molar-refractivity contribution in [2.75, 3.05) is 5.32 Å². The van der Waals surface area contributed by atoms with Gasteiger partial charge in [-0.15, -0.1) is 28.1 Å². The van der Waals surface area contributed by atoms with Gasteiger partial charge in [-0.3, -0.25) is 4.57 Å². The Bertz CT molecular complexity index is 1170. The van der Waals surface area contributed by atoms with Gasteiger partial charge >= 0.3 is 0 Å². The Morgan fingerprint density at radius 3 is 2.69 bits per heavy atom. The van der Waals surface area contributed by atoms with Crippen LogP contribution in [0.3, 0.4) is 0 Å². The summed E-state index contributed by atoms with van der Waals surface area (Å²) in [5.41, 5.74) is 3.20. The van der Waals surface area contributed by atoms with Crippen molar-refractivity contribution in [2.45, 2.75) is 31.0 Å². The number of ether oxygens (including phenoxy) is 1. The van der Waals surface area contributed by atoms with Crippen LogP contribution in [0.5, 0.6) is 5.75 Å². The van der Waals surface area contributed by atoms with Crippen molar-refractivity contribution in [1.82, 2.24) is 19.7 Å². The van der Waals surface area contributed by atoms with Crippen molar-refractivity contribution in [3.63, 3.8) is 0 Å². The number of thioether (sulfide) groups is 1. The van der Waals surface area contributed by atoms with Crippen molar-refractivity contribution in [2.24, 2.45) is 0 Å². The Morgan fingerprint density at radius 2 is 1.94 bits per heavy atom. The predicted molar refractivity (Wildman–Crippen MR) is 127 cm³/mol. The number of thiazole rings is 1. The van der Waals surface area contributed by atoms with Crippen molar-refractivity contribution in [3.05, 3.63) is 89.5 Å². The molecule has 2 heterocycles. The maximum Gasteiger partial charge on any atom is 0.191 e. The Kier molecular flexibility index (Phi) is 7.18. The van der Waals surface area contributed by atoms with Gasteiger partial charge in [-0.2, -0.15) is 0 Å². The molecule has 1 N–H and O–H groups in total. The molecular weight excluding hydrogens is 445 g/mol. The van der Waals surface area contributed by atoms with E-state index in [9.17, 15) is 4.39 Å². The molecule has 2 aromatic heterocycles. The van der Waals surface area contributed by atoms with Crippen molar-refractivity contribution >= 4 is 33.9 Å². The number of allylic oxidation sites excluding steroid dienone is 1. The van der Waals surface area contributed by atoms with Crippen LogP contribution in [0.1, 0.15) is 17.1 Å². The summed E-state index contributed by atoms with van der Waals surface area (Å²) in [5.74, 6) is 1.62. The first-order valence-corrected chi connectivity index (χ1v) is 11.8. The second-order valence-corrected chi connectivity index (χ2v) is 8.76. The van der Waals surface area contributed by atoms with Gasteiger partial charge in [0.1, 0.15) is 18.2 Å². The lowest BCUT2D eigenvalue weighted by Crippen LogP contribution is -2.07. The summed E-state index contributed by atoms with van der Waals surface area (Å²) in [6, 6.07) is 14.1. The third kappa shape index (κ3) is 5.74. The topological polar surface area (TPSA) is 64.9 Å². The minimum Gasteiger partial charge on any atom is -0.486 e. The number of nitrogens with one attached hydrogen (secondary N) is 1. The fourth-order valence-electron chi connectivity index (χ4n) is 2.85. The summed E-state index contributed by atoms with van der Waals surface area (Å²) in [6.07, 6.45) is 1.79. The number of nitrogens with zero attached hydrogens (tertiary/aromatic N) is 4. The van der Waals surface area contributed by atoms with E-state index in [0.29, 0.717) is 23.9 Å². The van der Waals surface area contributed by atoms with Crippen LogP contribution in [-0.2, 0) is 18.9 Å². The molecule has 9 heteroatoms. The van der Waals surface area contributed by atoms with Crippen LogP contribution in [0.4, 0.5) is 15.2 Å². The van der Waals surface area contributed by atoms with Gasteiger partial charge in [0, 0.05) is 23.4 Å². The predicted octanol–water partition coefficient (Wildman–Crippen LogP) is 5.98. The minimum atomic E-state index is -0.301. The summed E-state index contributed by atoms with van der Waals surface area (Å²) in [4.78, 5) is 4.66. The molecule has 0 saturated carbocycles. The van der Waals surface area contributed by atoms with Gasteiger partial charge in [0.25, 0.3) is 0 Å². The van der Waals surface area contributed by atoms with E-state index in [0.717, 1.165) is 21.7 Å². The van der Waals surface area contributed by atoms with E-state index in [4.69, 9.17) is 4.74 Å². The first-order chi connectivity index (χ1) is 15.6. The fraction of sp³-hybridized carbons (Fsp3) is 0.174. The summed E-state index contributed by atoms with van der Waals surface area (Å²) in [5, 5.41) is 15.6. The van der Waals surface area contributed by atoms with E-state index in [2.05, 4.69) is 46.1 Å². The summed E-state index contributed by atoms with van der Waals surface area (Å²) in [7, 11) is 0. The number of rotatable bonds is 10. The van der Waals surface area contributed by atoms with Crippen molar-refractivity contribution in [3.8, 4) is 5.75 Å². The number of benzene rings is 2. The highest BCUT2D eigenvalue weighted by Gasteiger charge is 2.14. The first-order valence-electron chi connectivity index (χ1n) is 9.93. The average molecular weight is 468 g/mol. The highest BCUT2D eigenvalue weighted by molar-refractivity contribution is 7.98. The zero-order valence-corrected chi connectivity index (χ0v) is 19.1. The molecule has 0 aliphatic carbocycles. The number of aryl methyl sites for hydroxylation is 1. The quantitative estimate of drug-likeness (QED) is 0.229. The van der Waals surface area contributed by atoms with E-state index in [1.807, 2.05) is 22.1 Å². The van der Waals surface area contributed by atoms with Crippen molar-refractivity contribution < 1.29 is 9.13 Å². The maximum absolute atomic E-state index is 13.1. The molecule has 4 aromatic rings. The van der Waals surface area contributed by atoms with Crippen LogP contribution in [-0.4, -0.2) is 19.7 Å². The van der Waals surface area contributed by atoms with Gasteiger partial charge in [-0.1, -0.05) is 35.5 Å². The Morgan fingerprint density at radius 1 is 1.16 bits per heavy atom. The second-order valence-electron chi connectivity index (χ2n) is 6.96. The van der Waals surface area contributed by atoms with Crippen molar-refractivity contribution in [1.29, 1.82) is 0 Å². The summed E-state index contributed by atoms with van der Waals surface area (Å²) < 4.78 is 20.7. The van der Waals surface area contributed by atoms with Gasteiger partial charge < -0.3 is 10.1 Å². The van der Waals surface area contributed by atoms with E-state index in [1.54, 1.807) is 41.3 Å². The molecule has 6 nitrogen and oxygen atoms in total. The molecule has 0 aliphatic heterocycles. The Labute approximate surface area is 194 Å². The molecule has 0 spiro atoms. The smallest absolute Gasteiger partial charge is 0.191 e. The van der Waals surface area contributed by atoms with Crippen LogP contribution >= 0.6 is 23.1 Å². The average Bonchev–Trinajstić information content (AvgIpc) is 3.40. The number of anilines is 2.